The Bertz CT molecular complexity index is 462. The first-order valence-electron chi connectivity index (χ1n) is 5.46. The van der Waals surface area contributed by atoms with Crippen molar-refractivity contribution < 1.29 is 0 Å². The lowest BCUT2D eigenvalue weighted by atomic mass is 10.1. The van der Waals surface area contributed by atoms with Crippen molar-refractivity contribution in [3.8, 4) is 11.3 Å². The van der Waals surface area contributed by atoms with Gasteiger partial charge in [-0.15, -0.1) is 11.3 Å². The Balaban J connectivity index is 2.22. The molecule has 0 saturated heterocycles. The van der Waals surface area contributed by atoms with Gasteiger partial charge in [0, 0.05) is 23.9 Å². The number of hydrogen-bond donors (Lipinski definition) is 1. The van der Waals surface area contributed by atoms with E-state index in [9.17, 15) is 0 Å². The summed E-state index contributed by atoms with van der Waals surface area (Å²) in [7, 11) is 1.97. The Kier molecular flexibility index (Phi) is 3.70. The van der Waals surface area contributed by atoms with Gasteiger partial charge >= 0.3 is 0 Å². The van der Waals surface area contributed by atoms with E-state index in [1.807, 2.05) is 7.05 Å². The van der Waals surface area contributed by atoms with E-state index in [0.29, 0.717) is 0 Å². The molecule has 0 aliphatic heterocycles. The summed E-state index contributed by atoms with van der Waals surface area (Å²) in [5, 5.41) is 6.49. The third kappa shape index (κ3) is 2.49. The van der Waals surface area contributed by atoms with E-state index >= 15 is 0 Å². The van der Waals surface area contributed by atoms with Crippen LogP contribution in [-0.2, 0) is 6.42 Å². The van der Waals surface area contributed by atoms with Crippen LogP contribution < -0.4 is 5.32 Å². The summed E-state index contributed by atoms with van der Waals surface area (Å²) in [6.07, 6.45) is 1.01. The third-order valence-corrected chi connectivity index (χ3v) is 3.47. The highest BCUT2D eigenvalue weighted by molar-refractivity contribution is 7.09. The molecule has 1 N–H and O–H groups in total. The molecule has 0 aliphatic carbocycles. The Morgan fingerprint density at radius 2 is 2.12 bits per heavy atom. The quantitative estimate of drug-likeness (QED) is 0.876. The van der Waals surface area contributed by atoms with Gasteiger partial charge < -0.3 is 5.32 Å². The standard InChI is InChI=1S/C13H16N2S/c1-10-5-3-4-6-11(10)12-9-16-13(15-12)7-8-14-2/h3-6,9,14H,7-8H2,1-2H3. The van der Waals surface area contributed by atoms with Crippen molar-refractivity contribution in [2.75, 3.05) is 13.6 Å². The van der Waals surface area contributed by atoms with Crippen LogP contribution in [0.15, 0.2) is 29.6 Å². The number of rotatable bonds is 4. The van der Waals surface area contributed by atoms with Gasteiger partial charge in [-0.2, -0.15) is 0 Å². The van der Waals surface area contributed by atoms with Gasteiger partial charge in [0.25, 0.3) is 0 Å². The second-order valence-corrected chi connectivity index (χ2v) is 4.74. The van der Waals surface area contributed by atoms with Crippen molar-refractivity contribution >= 4 is 11.3 Å². The molecule has 1 aromatic heterocycles. The van der Waals surface area contributed by atoms with Crippen LogP contribution in [0.25, 0.3) is 11.3 Å². The molecule has 1 heterocycles. The molecule has 16 heavy (non-hydrogen) atoms. The lowest BCUT2D eigenvalue weighted by Gasteiger charge is -2.00. The second kappa shape index (κ2) is 5.23. The van der Waals surface area contributed by atoms with Crippen LogP contribution in [0.3, 0.4) is 0 Å². The smallest absolute Gasteiger partial charge is 0.0945 e. The SMILES string of the molecule is CNCCc1nc(-c2ccccc2C)cs1. The van der Waals surface area contributed by atoms with E-state index in [-0.39, 0.29) is 0 Å². The summed E-state index contributed by atoms with van der Waals surface area (Å²) < 4.78 is 0. The van der Waals surface area contributed by atoms with Gasteiger partial charge in [-0.05, 0) is 19.5 Å². The molecule has 1 aromatic carbocycles. The van der Waals surface area contributed by atoms with E-state index in [2.05, 4.69) is 46.9 Å². The van der Waals surface area contributed by atoms with Crippen LogP contribution >= 0.6 is 11.3 Å². The minimum absolute atomic E-state index is 0.987. The highest BCUT2D eigenvalue weighted by atomic mass is 32.1. The molecule has 0 aliphatic rings. The van der Waals surface area contributed by atoms with E-state index in [1.165, 1.54) is 16.1 Å². The zero-order chi connectivity index (χ0) is 11.4. The minimum Gasteiger partial charge on any atom is -0.319 e. The molecule has 0 unspecified atom stereocenters. The maximum atomic E-state index is 4.66. The highest BCUT2D eigenvalue weighted by Crippen LogP contribution is 2.24. The monoisotopic (exact) mass is 232 g/mol. The summed E-state index contributed by atoms with van der Waals surface area (Å²) in [6, 6.07) is 8.39. The lowest BCUT2D eigenvalue weighted by Crippen LogP contribution is -2.09. The molecule has 3 heteroatoms. The third-order valence-electron chi connectivity index (χ3n) is 2.56. The molecule has 0 atom stereocenters. The fraction of sp³-hybridized carbons (Fsp3) is 0.308. The van der Waals surface area contributed by atoms with Gasteiger partial charge in [0.2, 0.25) is 0 Å². The van der Waals surface area contributed by atoms with Crippen molar-refractivity contribution in [1.29, 1.82) is 0 Å². The first-order valence-corrected chi connectivity index (χ1v) is 6.34. The molecule has 2 rings (SSSR count). The molecule has 0 amide bonds. The van der Waals surface area contributed by atoms with Crippen LogP contribution in [0.5, 0.6) is 0 Å². The number of nitrogens with one attached hydrogen (secondary N) is 1. The molecule has 84 valence electrons. The van der Waals surface area contributed by atoms with Crippen LogP contribution in [0.4, 0.5) is 0 Å². The lowest BCUT2D eigenvalue weighted by molar-refractivity contribution is 0.788. The van der Waals surface area contributed by atoms with Crippen LogP contribution in [0, 0.1) is 6.92 Å². The molecule has 0 bridgehead atoms. The summed E-state index contributed by atoms with van der Waals surface area (Å²) in [4.78, 5) is 4.66. The molecular formula is C13H16N2S. The topological polar surface area (TPSA) is 24.9 Å². The fourth-order valence-electron chi connectivity index (χ4n) is 1.64. The van der Waals surface area contributed by atoms with Crippen LogP contribution in [0.2, 0.25) is 0 Å². The molecule has 0 saturated carbocycles. The molecule has 0 radical (unpaired) electrons. The first-order chi connectivity index (χ1) is 7.81. The number of aromatic nitrogens is 1. The Hall–Kier alpha value is -1.19. The summed E-state index contributed by atoms with van der Waals surface area (Å²) in [5.41, 5.74) is 3.64. The molecule has 2 aromatic rings. The van der Waals surface area contributed by atoms with Crippen molar-refractivity contribution in [2.24, 2.45) is 0 Å². The van der Waals surface area contributed by atoms with Gasteiger partial charge in [-0.1, -0.05) is 24.3 Å². The number of hydrogen-bond acceptors (Lipinski definition) is 3. The van der Waals surface area contributed by atoms with Gasteiger partial charge in [-0.25, -0.2) is 4.98 Å². The zero-order valence-electron chi connectivity index (χ0n) is 9.66. The zero-order valence-corrected chi connectivity index (χ0v) is 10.5. The second-order valence-electron chi connectivity index (χ2n) is 3.79. The van der Waals surface area contributed by atoms with E-state index < -0.39 is 0 Å². The van der Waals surface area contributed by atoms with Crippen molar-refractivity contribution in [1.82, 2.24) is 10.3 Å². The van der Waals surface area contributed by atoms with Crippen LogP contribution in [-0.4, -0.2) is 18.6 Å². The number of aryl methyl sites for hydroxylation is 1. The normalized spacial score (nSPS) is 10.6. The fourth-order valence-corrected chi connectivity index (χ4v) is 2.44. The predicted molar refractivity (Wildman–Crippen MR) is 69.9 cm³/mol. The number of thiazole rings is 1. The molecule has 0 fully saturated rings. The average molecular weight is 232 g/mol. The predicted octanol–water partition coefficient (Wildman–Crippen LogP) is 2.88. The van der Waals surface area contributed by atoms with Crippen molar-refractivity contribution in [2.45, 2.75) is 13.3 Å². The van der Waals surface area contributed by atoms with Gasteiger partial charge in [-0.3, -0.25) is 0 Å². The van der Waals surface area contributed by atoms with Crippen molar-refractivity contribution in [3.63, 3.8) is 0 Å². The molecular weight excluding hydrogens is 216 g/mol. The molecule has 2 nitrogen and oxygen atoms in total. The average Bonchev–Trinajstić information content (AvgIpc) is 2.75. The number of benzene rings is 1. The van der Waals surface area contributed by atoms with Crippen LogP contribution in [0.1, 0.15) is 10.6 Å². The first kappa shape index (κ1) is 11.3. The van der Waals surface area contributed by atoms with Crippen molar-refractivity contribution in [3.05, 3.63) is 40.2 Å². The number of likely N-dealkylation sites (N-methyl/N-ethyl adjacent to an activating group) is 1. The largest absolute Gasteiger partial charge is 0.319 e. The van der Waals surface area contributed by atoms with Gasteiger partial charge in [0.15, 0.2) is 0 Å². The van der Waals surface area contributed by atoms with E-state index in [0.717, 1.165) is 18.7 Å². The maximum absolute atomic E-state index is 4.66. The maximum Gasteiger partial charge on any atom is 0.0945 e. The van der Waals surface area contributed by atoms with E-state index in [4.69, 9.17) is 0 Å². The van der Waals surface area contributed by atoms with Gasteiger partial charge in [0.05, 0.1) is 10.7 Å². The summed E-state index contributed by atoms with van der Waals surface area (Å²) in [5.74, 6) is 0. The van der Waals surface area contributed by atoms with E-state index in [1.54, 1.807) is 11.3 Å². The van der Waals surface area contributed by atoms with Gasteiger partial charge in [0.1, 0.15) is 0 Å². The summed E-state index contributed by atoms with van der Waals surface area (Å²) >= 11 is 1.74. The Labute approximate surface area is 100 Å². The number of nitrogens with zero attached hydrogens (tertiary/aromatic N) is 1. The highest BCUT2D eigenvalue weighted by Gasteiger charge is 2.05. The minimum atomic E-state index is 0.987. The summed E-state index contributed by atoms with van der Waals surface area (Å²) in [6.45, 7) is 3.11. The molecule has 0 spiro atoms. The Morgan fingerprint density at radius 1 is 1.31 bits per heavy atom. The Morgan fingerprint density at radius 3 is 2.88 bits per heavy atom.